The topological polar surface area (TPSA) is 15.3 Å². The number of nitrogens with one attached hydrogen (secondary N) is 1. The molecule has 1 N–H and O–H groups in total. The molecule has 1 heterocycles. The molecule has 0 amide bonds. The van der Waals surface area contributed by atoms with Crippen molar-refractivity contribution in [3.05, 3.63) is 0 Å². The van der Waals surface area contributed by atoms with E-state index < -0.39 is 0 Å². The second-order valence-electron chi connectivity index (χ2n) is 3.09. The summed E-state index contributed by atoms with van der Waals surface area (Å²) in [6.07, 6.45) is 1.27. The van der Waals surface area contributed by atoms with Crippen molar-refractivity contribution in [2.24, 2.45) is 0 Å². The third kappa shape index (κ3) is 2.48. The summed E-state index contributed by atoms with van der Waals surface area (Å²) in [6, 6.07) is 0.664. The summed E-state index contributed by atoms with van der Waals surface area (Å²) in [6.45, 7) is 4.46. The highest BCUT2D eigenvalue weighted by atomic mass is 32.1. The molecule has 1 aliphatic heterocycles. The Morgan fingerprint density at radius 3 is 2.80 bits per heavy atom. The Morgan fingerprint density at radius 1 is 1.70 bits per heavy atom. The Morgan fingerprint density at radius 2 is 2.40 bits per heavy atom. The maximum atomic E-state index is 4.27. The third-order valence-corrected chi connectivity index (χ3v) is 2.02. The first-order valence-corrected chi connectivity index (χ1v) is 4.33. The number of nitrogens with zero attached hydrogens (tertiary/aromatic N) is 1. The van der Waals surface area contributed by atoms with Crippen LogP contribution in [0.15, 0.2) is 0 Å². The van der Waals surface area contributed by atoms with Crippen LogP contribution in [0.2, 0.25) is 0 Å². The third-order valence-electron chi connectivity index (χ3n) is 1.87. The van der Waals surface area contributed by atoms with Gasteiger partial charge in [-0.25, -0.2) is 0 Å². The van der Waals surface area contributed by atoms with Crippen LogP contribution in [0.1, 0.15) is 13.3 Å². The lowest BCUT2D eigenvalue weighted by Crippen LogP contribution is -2.35. The molecule has 10 heavy (non-hydrogen) atoms. The first-order valence-electron chi connectivity index (χ1n) is 3.81. The molecular weight excluding hydrogens is 144 g/mol. The highest BCUT2D eigenvalue weighted by molar-refractivity contribution is 7.80. The molecule has 0 aromatic carbocycles. The van der Waals surface area contributed by atoms with E-state index in [2.05, 4.69) is 36.8 Å². The molecule has 0 aliphatic carbocycles. The summed E-state index contributed by atoms with van der Waals surface area (Å²) in [7, 11) is 2.16. The fourth-order valence-corrected chi connectivity index (χ4v) is 1.62. The minimum atomic E-state index is 0.330. The molecule has 2 nitrogen and oxygen atoms in total. The number of likely N-dealkylation sites (tertiary alicyclic amines) is 1. The maximum Gasteiger partial charge on any atom is 0.0476 e. The lowest BCUT2D eigenvalue weighted by molar-refractivity contribution is 0.398. The smallest absolute Gasteiger partial charge is 0.0476 e. The molecule has 0 bridgehead atoms. The lowest BCUT2D eigenvalue weighted by Gasteiger charge is -2.14. The van der Waals surface area contributed by atoms with Crippen LogP contribution >= 0.6 is 12.6 Å². The Bertz CT molecular complexity index is 106. The lowest BCUT2D eigenvalue weighted by atomic mass is 10.3. The summed E-state index contributed by atoms with van der Waals surface area (Å²) in [5, 5.41) is 3.72. The van der Waals surface area contributed by atoms with Gasteiger partial charge in [0.05, 0.1) is 0 Å². The standard InChI is InChI=1S/C7H16N2S/c1-6(10)8-7-3-4-9(2)5-7/h6-8,10H,3-5H2,1-2H3/t6-,7?/m0/s1. The Kier molecular flexibility index (Phi) is 3.01. The maximum absolute atomic E-state index is 4.27. The number of thiol groups is 1. The van der Waals surface area contributed by atoms with Crippen LogP contribution in [0.5, 0.6) is 0 Å². The summed E-state index contributed by atoms with van der Waals surface area (Å²) < 4.78 is 0. The van der Waals surface area contributed by atoms with Gasteiger partial charge >= 0.3 is 0 Å². The number of rotatable bonds is 2. The fourth-order valence-electron chi connectivity index (χ4n) is 1.41. The molecule has 1 saturated heterocycles. The first kappa shape index (κ1) is 8.37. The normalized spacial score (nSPS) is 30.9. The van der Waals surface area contributed by atoms with E-state index in [0.717, 1.165) is 0 Å². The molecule has 1 unspecified atom stereocenters. The van der Waals surface area contributed by atoms with E-state index in [0.29, 0.717) is 11.4 Å². The average Bonchev–Trinajstić information content (AvgIpc) is 2.13. The van der Waals surface area contributed by atoms with Gasteiger partial charge in [0.25, 0.3) is 0 Å². The van der Waals surface area contributed by atoms with Crippen LogP contribution in [0, 0.1) is 0 Å². The van der Waals surface area contributed by atoms with Crippen molar-refractivity contribution >= 4 is 12.6 Å². The van der Waals surface area contributed by atoms with E-state index in [1.807, 2.05) is 0 Å². The predicted molar refractivity (Wildman–Crippen MR) is 47.5 cm³/mol. The van der Waals surface area contributed by atoms with Crippen molar-refractivity contribution in [3.8, 4) is 0 Å². The summed E-state index contributed by atoms with van der Waals surface area (Å²) in [5.74, 6) is 0. The molecule has 0 aromatic heterocycles. The number of hydrogen-bond donors (Lipinski definition) is 2. The van der Waals surface area contributed by atoms with Gasteiger partial charge < -0.3 is 10.2 Å². The van der Waals surface area contributed by atoms with Crippen molar-refractivity contribution in [1.82, 2.24) is 10.2 Å². The van der Waals surface area contributed by atoms with Gasteiger partial charge in [-0.2, -0.15) is 12.6 Å². The first-order chi connectivity index (χ1) is 4.68. The zero-order valence-corrected chi connectivity index (χ0v) is 7.56. The van der Waals surface area contributed by atoms with Crippen molar-refractivity contribution < 1.29 is 0 Å². The van der Waals surface area contributed by atoms with Crippen LogP contribution in [0.4, 0.5) is 0 Å². The van der Waals surface area contributed by atoms with Crippen LogP contribution in [0.25, 0.3) is 0 Å². The number of likely N-dealkylation sites (N-methyl/N-ethyl adjacent to an activating group) is 1. The predicted octanol–water partition coefficient (Wildman–Crippen LogP) is 0.556. The monoisotopic (exact) mass is 160 g/mol. The number of hydrogen-bond acceptors (Lipinski definition) is 3. The zero-order chi connectivity index (χ0) is 7.56. The summed E-state index contributed by atoms with van der Waals surface area (Å²) in [4.78, 5) is 2.34. The van der Waals surface area contributed by atoms with E-state index >= 15 is 0 Å². The van der Waals surface area contributed by atoms with Gasteiger partial charge in [-0.05, 0) is 26.9 Å². The van der Waals surface area contributed by atoms with Gasteiger partial charge in [0, 0.05) is 18.0 Å². The van der Waals surface area contributed by atoms with Crippen molar-refractivity contribution in [3.63, 3.8) is 0 Å². The zero-order valence-electron chi connectivity index (χ0n) is 6.67. The molecule has 0 aromatic rings. The van der Waals surface area contributed by atoms with Crippen LogP contribution in [-0.4, -0.2) is 36.5 Å². The van der Waals surface area contributed by atoms with Gasteiger partial charge in [0.15, 0.2) is 0 Å². The Hall–Kier alpha value is 0.270. The Balaban J connectivity index is 2.18. The van der Waals surface area contributed by atoms with E-state index in [9.17, 15) is 0 Å². The molecule has 1 rings (SSSR count). The van der Waals surface area contributed by atoms with E-state index in [-0.39, 0.29) is 0 Å². The van der Waals surface area contributed by atoms with Crippen LogP contribution in [-0.2, 0) is 0 Å². The molecule has 1 aliphatic rings. The summed E-state index contributed by atoms with van der Waals surface area (Å²) >= 11 is 4.27. The van der Waals surface area contributed by atoms with Crippen molar-refractivity contribution in [1.29, 1.82) is 0 Å². The molecular formula is C7H16N2S. The molecule has 0 radical (unpaired) electrons. The highest BCUT2D eigenvalue weighted by Crippen LogP contribution is 2.07. The molecule has 1 fully saturated rings. The minimum absolute atomic E-state index is 0.330. The van der Waals surface area contributed by atoms with Gasteiger partial charge in [0.2, 0.25) is 0 Å². The van der Waals surface area contributed by atoms with E-state index in [4.69, 9.17) is 0 Å². The van der Waals surface area contributed by atoms with Crippen LogP contribution < -0.4 is 5.32 Å². The Labute approximate surface area is 68.4 Å². The van der Waals surface area contributed by atoms with E-state index in [1.165, 1.54) is 19.5 Å². The SMILES string of the molecule is C[C@H](S)NC1CCN(C)C1. The average molecular weight is 160 g/mol. The minimum Gasteiger partial charge on any atom is -0.305 e. The van der Waals surface area contributed by atoms with Gasteiger partial charge in [-0.1, -0.05) is 0 Å². The second-order valence-corrected chi connectivity index (χ2v) is 3.87. The largest absolute Gasteiger partial charge is 0.305 e. The van der Waals surface area contributed by atoms with Crippen molar-refractivity contribution in [2.45, 2.75) is 24.8 Å². The molecule has 0 spiro atoms. The molecule has 0 saturated carbocycles. The summed E-state index contributed by atoms with van der Waals surface area (Å²) in [5.41, 5.74) is 0. The van der Waals surface area contributed by atoms with Gasteiger partial charge in [0.1, 0.15) is 0 Å². The molecule has 2 atom stereocenters. The fraction of sp³-hybridized carbons (Fsp3) is 1.00. The van der Waals surface area contributed by atoms with Gasteiger partial charge in [-0.15, -0.1) is 0 Å². The highest BCUT2D eigenvalue weighted by Gasteiger charge is 2.19. The van der Waals surface area contributed by atoms with Crippen LogP contribution in [0.3, 0.4) is 0 Å². The van der Waals surface area contributed by atoms with Crippen molar-refractivity contribution in [2.75, 3.05) is 20.1 Å². The van der Waals surface area contributed by atoms with Gasteiger partial charge in [-0.3, -0.25) is 0 Å². The second kappa shape index (κ2) is 3.60. The molecule has 60 valence electrons. The quantitative estimate of drug-likeness (QED) is 0.453. The molecule has 3 heteroatoms. The van der Waals surface area contributed by atoms with E-state index in [1.54, 1.807) is 0 Å².